The second-order valence-corrected chi connectivity index (χ2v) is 9.05. The minimum atomic E-state index is -0.445. The third kappa shape index (κ3) is 5.45. The smallest absolute Gasteiger partial charge is 0.240 e. The highest BCUT2D eigenvalue weighted by Gasteiger charge is 2.29. The summed E-state index contributed by atoms with van der Waals surface area (Å²) in [5.74, 6) is 0.397. The van der Waals surface area contributed by atoms with Crippen LogP contribution in [0.5, 0.6) is 0 Å². The molecule has 0 saturated carbocycles. The van der Waals surface area contributed by atoms with E-state index in [1.807, 2.05) is 53.6 Å². The number of carbonyl (C=O) groups excluding carboxylic acids is 1. The van der Waals surface area contributed by atoms with Gasteiger partial charge in [-0.1, -0.05) is 42.1 Å². The molecule has 0 aliphatic carbocycles. The molecule has 1 amide bonds. The van der Waals surface area contributed by atoms with Crippen LogP contribution in [0, 0.1) is 5.82 Å². The number of benzene rings is 2. The van der Waals surface area contributed by atoms with Crippen molar-refractivity contribution in [3.63, 3.8) is 0 Å². The lowest BCUT2D eigenvalue weighted by atomic mass is 10.1. The van der Waals surface area contributed by atoms with Gasteiger partial charge in [0.1, 0.15) is 11.1 Å². The van der Waals surface area contributed by atoms with E-state index in [0.29, 0.717) is 30.6 Å². The summed E-state index contributed by atoms with van der Waals surface area (Å²) in [4.78, 5) is 15.3. The predicted molar refractivity (Wildman–Crippen MR) is 127 cm³/mol. The zero-order valence-electron chi connectivity index (χ0n) is 19.0. The van der Waals surface area contributed by atoms with Crippen molar-refractivity contribution < 1.29 is 13.9 Å². The molecule has 1 saturated heterocycles. The van der Waals surface area contributed by atoms with Gasteiger partial charge in [0.2, 0.25) is 5.91 Å². The van der Waals surface area contributed by atoms with Crippen molar-refractivity contribution in [1.82, 2.24) is 19.7 Å². The molecule has 3 aromatic rings. The molecule has 33 heavy (non-hydrogen) atoms. The van der Waals surface area contributed by atoms with E-state index in [1.54, 1.807) is 12.1 Å². The van der Waals surface area contributed by atoms with Gasteiger partial charge in [0.15, 0.2) is 11.0 Å². The van der Waals surface area contributed by atoms with Gasteiger partial charge in [-0.2, -0.15) is 0 Å². The highest BCUT2D eigenvalue weighted by Crippen LogP contribution is 2.38. The van der Waals surface area contributed by atoms with E-state index in [0.717, 1.165) is 30.6 Å². The van der Waals surface area contributed by atoms with Crippen LogP contribution in [0.25, 0.3) is 11.4 Å². The summed E-state index contributed by atoms with van der Waals surface area (Å²) in [7, 11) is 0. The highest BCUT2D eigenvalue weighted by atomic mass is 32.2. The lowest BCUT2D eigenvalue weighted by molar-refractivity contribution is -0.130. The molecule has 0 spiro atoms. The van der Waals surface area contributed by atoms with Gasteiger partial charge in [-0.05, 0) is 56.5 Å². The molecule has 1 aliphatic rings. The van der Waals surface area contributed by atoms with Crippen molar-refractivity contribution in [2.75, 3.05) is 19.7 Å². The molecule has 2 aromatic carbocycles. The number of amides is 1. The van der Waals surface area contributed by atoms with E-state index in [2.05, 4.69) is 10.2 Å². The molecule has 1 aliphatic heterocycles. The van der Waals surface area contributed by atoms with E-state index < -0.39 is 5.25 Å². The molecule has 1 fully saturated rings. The fourth-order valence-electron chi connectivity index (χ4n) is 4.04. The number of likely N-dealkylation sites (N-methyl/N-ethyl adjacent to an activating group) is 1. The summed E-state index contributed by atoms with van der Waals surface area (Å²) in [5, 5.41) is 9.12. The molecular formula is C25H29FN4O2S. The van der Waals surface area contributed by atoms with Crippen molar-refractivity contribution in [2.45, 2.75) is 49.7 Å². The lowest BCUT2D eigenvalue weighted by Gasteiger charge is -2.25. The standard InChI is InChI=1S/C25H29FN4O2S/c1-3-29(4-2)24(31)22(18-9-6-5-7-10-18)33-25-28-27-23(19-12-14-20(26)15-13-19)30(25)17-21-11-8-16-32-21/h5-7,9-10,12-15,21-22H,3-4,8,11,16-17H2,1-2H3. The Morgan fingerprint density at radius 1 is 1.15 bits per heavy atom. The molecule has 4 rings (SSSR count). The number of carbonyl (C=O) groups is 1. The van der Waals surface area contributed by atoms with Crippen LogP contribution in [0.15, 0.2) is 59.8 Å². The van der Waals surface area contributed by atoms with Crippen molar-refractivity contribution in [1.29, 1.82) is 0 Å². The largest absolute Gasteiger partial charge is 0.376 e. The molecular weight excluding hydrogens is 439 g/mol. The van der Waals surface area contributed by atoms with Gasteiger partial charge in [-0.3, -0.25) is 9.36 Å². The molecule has 2 unspecified atom stereocenters. The second-order valence-electron chi connectivity index (χ2n) is 7.98. The zero-order valence-corrected chi connectivity index (χ0v) is 19.8. The highest BCUT2D eigenvalue weighted by molar-refractivity contribution is 8.00. The topological polar surface area (TPSA) is 60.2 Å². The quantitative estimate of drug-likeness (QED) is 0.415. The Morgan fingerprint density at radius 2 is 1.88 bits per heavy atom. The Morgan fingerprint density at radius 3 is 2.52 bits per heavy atom. The maximum atomic E-state index is 13.5. The summed E-state index contributed by atoms with van der Waals surface area (Å²) in [6.07, 6.45) is 2.05. The van der Waals surface area contributed by atoms with Gasteiger partial charge >= 0.3 is 0 Å². The maximum Gasteiger partial charge on any atom is 0.240 e. The fourth-order valence-corrected chi connectivity index (χ4v) is 5.17. The first-order valence-corrected chi connectivity index (χ1v) is 12.3. The Balaban J connectivity index is 1.72. The molecule has 1 aromatic heterocycles. The molecule has 0 N–H and O–H groups in total. The SMILES string of the molecule is CCN(CC)C(=O)C(Sc1nnc(-c2ccc(F)cc2)n1CC1CCCO1)c1ccccc1. The normalized spacial score (nSPS) is 16.6. The number of ether oxygens (including phenoxy) is 1. The van der Waals surface area contributed by atoms with Gasteiger partial charge in [-0.25, -0.2) is 4.39 Å². The minimum Gasteiger partial charge on any atom is -0.376 e. The zero-order chi connectivity index (χ0) is 23.2. The Labute approximate surface area is 198 Å². The van der Waals surface area contributed by atoms with Crippen LogP contribution in [0.3, 0.4) is 0 Å². The van der Waals surface area contributed by atoms with Crippen molar-refractivity contribution in [2.24, 2.45) is 0 Å². The third-order valence-electron chi connectivity index (χ3n) is 5.85. The van der Waals surface area contributed by atoms with E-state index >= 15 is 0 Å². The van der Waals surface area contributed by atoms with Gasteiger partial charge in [0.05, 0.1) is 12.6 Å². The minimum absolute atomic E-state index is 0.0474. The number of nitrogens with zero attached hydrogens (tertiary/aromatic N) is 4. The van der Waals surface area contributed by atoms with Crippen molar-refractivity contribution in [3.8, 4) is 11.4 Å². The van der Waals surface area contributed by atoms with E-state index in [4.69, 9.17) is 4.74 Å². The molecule has 2 atom stereocenters. The summed E-state index contributed by atoms with van der Waals surface area (Å²) in [6.45, 7) is 6.59. The maximum absolute atomic E-state index is 13.5. The number of aromatic nitrogens is 3. The van der Waals surface area contributed by atoms with Crippen LogP contribution in [0.1, 0.15) is 37.5 Å². The Kier molecular flexibility index (Phi) is 7.77. The summed E-state index contributed by atoms with van der Waals surface area (Å²) >= 11 is 1.41. The van der Waals surface area contributed by atoms with Gasteiger partial charge in [0, 0.05) is 25.3 Å². The fraction of sp³-hybridized carbons (Fsp3) is 0.400. The average molecular weight is 469 g/mol. The van der Waals surface area contributed by atoms with Crippen LogP contribution < -0.4 is 0 Å². The second kappa shape index (κ2) is 10.9. The van der Waals surface area contributed by atoms with Crippen LogP contribution in [-0.2, 0) is 16.1 Å². The Hall–Kier alpha value is -2.71. The molecule has 174 valence electrons. The third-order valence-corrected chi connectivity index (χ3v) is 7.08. The van der Waals surface area contributed by atoms with Crippen molar-refractivity contribution in [3.05, 3.63) is 66.0 Å². The van der Waals surface area contributed by atoms with E-state index in [-0.39, 0.29) is 17.8 Å². The monoisotopic (exact) mass is 468 g/mol. The number of hydrogen-bond donors (Lipinski definition) is 0. The van der Waals surface area contributed by atoms with Crippen LogP contribution in [0.4, 0.5) is 4.39 Å². The Bertz CT molecular complexity index is 1050. The van der Waals surface area contributed by atoms with Crippen LogP contribution >= 0.6 is 11.8 Å². The van der Waals surface area contributed by atoms with Gasteiger partial charge in [-0.15, -0.1) is 10.2 Å². The first-order chi connectivity index (χ1) is 16.1. The summed E-state index contributed by atoms with van der Waals surface area (Å²) in [5.41, 5.74) is 1.70. The number of hydrogen-bond acceptors (Lipinski definition) is 5. The van der Waals surface area contributed by atoms with Gasteiger partial charge < -0.3 is 9.64 Å². The van der Waals surface area contributed by atoms with E-state index in [1.165, 1.54) is 23.9 Å². The van der Waals surface area contributed by atoms with E-state index in [9.17, 15) is 9.18 Å². The summed E-state index contributed by atoms with van der Waals surface area (Å²) < 4.78 is 21.4. The molecule has 0 bridgehead atoms. The molecule has 0 radical (unpaired) electrons. The number of halogens is 1. The lowest BCUT2D eigenvalue weighted by Crippen LogP contribution is -2.34. The first-order valence-electron chi connectivity index (χ1n) is 11.4. The molecule has 2 heterocycles. The average Bonchev–Trinajstić information content (AvgIpc) is 3.50. The van der Waals surface area contributed by atoms with Crippen molar-refractivity contribution >= 4 is 17.7 Å². The van der Waals surface area contributed by atoms with Crippen LogP contribution in [0.2, 0.25) is 0 Å². The number of thioether (sulfide) groups is 1. The van der Waals surface area contributed by atoms with Crippen LogP contribution in [-0.4, -0.2) is 51.4 Å². The van der Waals surface area contributed by atoms with Gasteiger partial charge in [0.25, 0.3) is 0 Å². The first kappa shape index (κ1) is 23.4. The summed E-state index contributed by atoms with van der Waals surface area (Å²) in [6, 6.07) is 16.0. The molecule has 6 nitrogen and oxygen atoms in total. The number of rotatable bonds is 9. The molecule has 8 heteroatoms. The predicted octanol–water partition coefficient (Wildman–Crippen LogP) is 4.97.